The van der Waals surface area contributed by atoms with Gasteiger partial charge in [-0.2, -0.15) is 0 Å². The van der Waals surface area contributed by atoms with Crippen LogP contribution < -0.4 is 5.32 Å². The quantitative estimate of drug-likeness (QED) is 0.451. The monoisotopic (exact) mass is 498 g/mol. The fourth-order valence-corrected chi connectivity index (χ4v) is 5.45. The zero-order valence-electron chi connectivity index (χ0n) is 19.9. The van der Waals surface area contributed by atoms with Crippen LogP contribution in [0.5, 0.6) is 0 Å². The number of ketones is 1. The number of carbonyl (C=O) groups excluding carboxylic acids is 2. The molecule has 1 aromatic carbocycles. The fourth-order valence-electron chi connectivity index (χ4n) is 4.61. The Kier molecular flexibility index (Phi) is 7.86. The minimum Gasteiger partial charge on any atom is -0.348 e. The van der Waals surface area contributed by atoms with Crippen molar-refractivity contribution in [1.82, 2.24) is 19.8 Å². The summed E-state index contributed by atoms with van der Waals surface area (Å²) in [6.07, 6.45) is 2.58. The summed E-state index contributed by atoms with van der Waals surface area (Å²) >= 11 is 7.36. The first kappa shape index (κ1) is 24.6. The van der Waals surface area contributed by atoms with Crippen LogP contribution >= 0.6 is 22.9 Å². The Bertz CT molecular complexity index is 1160. The van der Waals surface area contributed by atoms with Crippen LogP contribution in [0, 0.1) is 20.8 Å². The highest BCUT2D eigenvalue weighted by Gasteiger charge is 2.25. The highest BCUT2D eigenvalue weighted by Crippen LogP contribution is 2.20. The maximum Gasteiger partial charge on any atom is 0.263 e. The molecule has 3 heterocycles. The molecule has 0 unspecified atom stereocenters. The van der Waals surface area contributed by atoms with Gasteiger partial charge in [-0.1, -0.05) is 23.7 Å². The van der Waals surface area contributed by atoms with Crippen LogP contribution in [0.4, 0.5) is 0 Å². The Hall–Kier alpha value is -2.48. The lowest BCUT2D eigenvalue weighted by atomic mass is 10.0. The first-order chi connectivity index (χ1) is 16.3. The molecule has 0 saturated carbocycles. The molecule has 0 radical (unpaired) electrons. The van der Waals surface area contributed by atoms with Crippen molar-refractivity contribution >= 4 is 34.6 Å². The molecule has 1 aliphatic heterocycles. The summed E-state index contributed by atoms with van der Waals surface area (Å²) < 4.78 is 2.23. The molecule has 0 atom stereocenters. The predicted octanol–water partition coefficient (Wildman–Crippen LogP) is 4.84. The third-order valence-electron chi connectivity index (χ3n) is 6.65. The SMILES string of the molecule is Cc1ncsc1C(=O)NC1CCN(CC(=O)c2cc(C)n(CCc3ccc(Cl)cc3)c2C)CC1. The summed E-state index contributed by atoms with van der Waals surface area (Å²) in [5, 5.41) is 3.87. The second-order valence-corrected chi connectivity index (χ2v) is 10.3. The van der Waals surface area contributed by atoms with Gasteiger partial charge < -0.3 is 9.88 Å². The molecule has 0 bridgehead atoms. The lowest BCUT2D eigenvalue weighted by Crippen LogP contribution is -2.45. The summed E-state index contributed by atoms with van der Waals surface area (Å²) in [6, 6.07) is 10.1. The lowest BCUT2D eigenvalue weighted by Gasteiger charge is -2.31. The van der Waals surface area contributed by atoms with E-state index in [1.807, 2.05) is 44.2 Å². The van der Waals surface area contributed by atoms with E-state index in [2.05, 4.69) is 26.7 Å². The molecule has 1 amide bonds. The number of nitrogens with zero attached hydrogens (tertiary/aromatic N) is 3. The largest absolute Gasteiger partial charge is 0.348 e. The molecule has 1 saturated heterocycles. The highest BCUT2D eigenvalue weighted by atomic mass is 35.5. The van der Waals surface area contributed by atoms with Crippen molar-refractivity contribution in [2.75, 3.05) is 19.6 Å². The topological polar surface area (TPSA) is 67.2 Å². The number of rotatable bonds is 8. The van der Waals surface area contributed by atoms with Crippen LogP contribution in [0.3, 0.4) is 0 Å². The number of aromatic nitrogens is 2. The van der Waals surface area contributed by atoms with E-state index in [1.165, 1.54) is 16.9 Å². The molecule has 34 heavy (non-hydrogen) atoms. The molecular weight excluding hydrogens is 468 g/mol. The van der Waals surface area contributed by atoms with Gasteiger partial charge in [0, 0.05) is 47.7 Å². The molecular formula is C26H31ClN4O2S. The number of piperidine rings is 1. The minimum atomic E-state index is -0.0411. The first-order valence-electron chi connectivity index (χ1n) is 11.7. The first-order valence-corrected chi connectivity index (χ1v) is 12.9. The lowest BCUT2D eigenvalue weighted by molar-refractivity contribution is 0.0860. The summed E-state index contributed by atoms with van der Waals surface area (Å²) in [5.41, 5.74) is 6.65. The number of thiazole rings is 1. The predicted molar refractivity (Wildman–Crippen MR) is 137 cm³/mol. The number of hydrogen-bond donors (Lipinski definition) is 1. The van der Waals surface area contributed by atoms with Crippen molar-refractivity contribution in [2.24, 2.45) is 0 Å². The van der Waals surface area contributed by atoms with Crippen LogP contribution in [0.2, 0.25) is 5.02 Å². The maximum atomic E-state index is 13.1. The Morgan fingerprint density at radius 3 is 2.50 bits per heavy atom. The number of amides is 1. The zero-order chi connectivity index (χ0) is 24.2. The van der Waals surface area contributed by atoms with Gasteiger partial charge >= 0.3 is 0 Å². The van der Waals surface area contributed by atoms with Crippen molar-refractivity contribution < 1.29 is 9.59 Å². The van der Waals surface area contributed by atoms with Gasteiger partial charge in [0.25, 0.3) is 5.91 Å². The van der Waals surface area contributed by atoms with Crippen molar-refractivity contribution in [1.29, 1.82) is 0 Å². The standard InChI is InChI=1S/C26H31ClN4O2S/c1-17-14-23(19(3)31(17)13-8-20-4-6-21(27)7-5-20)24(32)15-30-11-9-22(10-12-30)29-26(33)25-18(2)28-16-34-25/h4-7,14,16,22H,8-13,15H2,1-3H3,(H,29,33). The Morgan fingerprint density at radius 2 is 1.85 bits per heavy atom. The van der Waals surface area contributed by atoms with Gasteiger partial charge in [0.2, 0.25) is 0 Å². The van der Waals surface area contributed by atoms with Gasteiger partial charge in [-0.3, -0.25) is 14.5 Å². The number of likely N-dealkylation sites (tertiary alicyclic amines) is 1. The summed E-state index contributed by atoms with van der Waals surface area (Å²) in [4.78, 5) is 32.6. The summed E-state index contributed by atoms with van der Waals surface area (Å²) in [6.45, 7) is 8.79. The zero-order valence-corrected chi connectivity index (χ0v) is 21.5. The van der Waals surface area contributed by atoms with E-state index in [-0.39, 0.29) is 17.7 Å². The number of benzene rings is 1. The van der Waals surface area contributed by atoms with E-state index in [0.29, 0.717) is 11.4 Å². The van der Waals surface area contributed by atoms with Crippen LogP contribution in [0.25, 0.3) is 0 Å². The molecule has 6 nitrogen and oxygen atoms in total. The van der Waals surface area contributed by atoms with Crippen molar-refractivity contribution in [2.45, 2.75) is 52.6 Å². The van der Waals surface area contributed by atoms with Crippen molar-refractivity contribution in [3.8, 4) is 0 Å². The van der Waals surface area contributed by atoms with Gasteiger partial charge in [0.15, 0.2) is 5.78 Å². The molecule has 0 aliphatic carbocycles. The number of Topliss-reactive ketones (excluding diaryl/α,β-unsaturated/α-hetero) is 1. The van der Waals surface area contributed by atoms with E-state index in [0.717, 1.165) is 66.6 Å². The van der Waals surface area contributed by atoms with E-state index in [4.69, 9.17) is 11.6 Å². The van der Waals surface area contributed by atoms with E-state index >= 15 is 0 Å². The Morgan fingerprint density at radius 1 is 1.15 bits per heavy atom. The normalized spacial score (nSPS) is 14.9. The third-order valence-corrected chi connectivity index (χ3v) is 7.83. The maximum absolute atomic E-state index is 13.1. The summed E-state index contributed by atoms with van der Waals surface area (Å²) in [7, 11) is 0. The number of carbonyl (C=O) groups is 2. The molecule has 1 aliphatic rings. The van der Waals surface area contributed by atoms with Crippen LogP contribution in [-0.4, -0.2) is 51.8 Å². The highest BCUT2D eigenvalue weighted by molar-refractivity contribution is 7.11. The van der Waals surface area contributed by atoms with Gasteiger partial charge in [-0.15, -0.1) is 11.3 Å². The number of aryl methyl sites for hydroxylation is 3. The molecule has 8 heteroatoms. The Labute approximate surface area is 209 Å². The number of hydrogen-bond acceptors (Lipinski definition) is 5. The van der Waals surface area contributed by atoms with Crippen LogP contribution in [0.15, 0.2) is 35.8 Å². The van der Waals surface area contributed by atoms with E-state index < -0.39 is 0 Å². The smallest absolute Gasteiger partial charge is 0.263 e. The molecule has 2 aromatic heterocycles. The van der Waals surface area contributed by atoms with Gasteiger partial charge in [-0.05, 0) is 63.8 Å². The second kappa shape index (κ2) is 10.8. The van der Waals surface area contributed by atoms with Crippen molar-refractivity contribution in [3.05, 3.63) is 74.0 Å². The van der Waals surface area contributed by atoms with Crippen LogP contribution in [0.1, 0.15) is 55.5 Å². The average Bonchev–Trinajstić information content (AvgIpc) is 3.37. The summed E-state index contributed by atoms with van der Waals surface area (Å²) in [5.74, 6) is 0.120. The molecule has 4 rings (SSSR count). The molecule has 180 valence electrons. The average molecular weight is 499 g/mol. The van der Waals surface area contributed by atoms with Gasteiger partial charge in [0.1, 0.15) is 4.88 Å². The minimum absolute atomic E-state index is 0.0411. The van der Waals surface area contributed by atoms with Crippen molar-refractivity contribution in [3.63, 3.8) is 0 Å². The second-order valence-electron chi connectivity index (χ2n) is 9.03. The number of halogens is 1. The number of nitrogens with one attached hydrogen (secondary N) is 1. The third kappa shape index (κ3) is 5.77. The molecule has 1 fully saturated rings. The molecule has 0 spiro atoms. The fraction of sp³-hybridized carbons (Fsp3) is 0.423. The Balaban J connectivity index is 1.29. The molecule has 3 aromatic rings. The molecule has 1 N–H and O–H groups in total. The van der Waals surface area contributed by atoms with Gasteiger partial charge in [-0.25, -0.2) is 4.98 Å². The van der Waals surface area contributed by atoms with Crippen LogP contribution in [-0.2, 0) is 13.0 Å². The van der Waals surface area contributed by atoms with E-state index in [9.17, 15) is 9.59 Å². The van der Waals surface area contributed by atoms with E-state index in [1.54, 1.807) is 5.51 Å². The van der Waals surface area contributed by atoms with Gasteiger partial charge in [0.05, 0.1) is 17.7 Å².